The lowest BCUT2D eigenvalue weighted by Crippen LogP contribution is -2.28. The van der Waals surface area contributed by atoms with E-state index in [2.05, 4.69) is 10.3 Å². The molecule has 1 aromatic heterocycles. The Hall–Kier alpha value is -2.89. The van der Waals surface area contributed by atoms with Gasteiger partial charge in [-0.1, -0.05) is 13.0 Å². The first-order valence-electron chi connectivity index (χ1n) is 9.56. The maximum atomic E-state index is 14.2. The van der Waals surface area contributed by atoms with Crippen molar-refractivity contribution in [3.8, 4) is 5.88 Å². The monoisotopic (exact) mass is 477 g/mol. The number of ether oxygens (including phenoxy) is 1. The molecule has 1 heterocycles. The molecule has 7 nitrogen and oxygen atoms in total. The third-order valence-corrected chi connectivity index (χ3v) is 4.90. The minimum absolute atomic E-state index is 0.149. The van der Waals surface area contributed by atoms with E-state index in [0.29, 0.717) is 6.42 Å². The molecule has 0 aliphatic carbocycles. The number of sulfonamides is 1. The van der Waals surface area contributed by atoms with Gasteiger partial charge in [-0.15, -0.1) is 0 Å². The topological polar surface area (TPSA) is 97.4 Å². The molecule has 0 aliphatic heterocycles. The highest BCUT2D eigenvalue weighted by atomic mass is 32.2. The molecule has 176 valence electrons. The number of anilines is 1. The Morgan fingerprint density at radius 3 is 2.47 bits per heavy atom. The Labute approximate surface area is 183 Å². The summed E-state index contributed by atoms with van der Waals surface area (Å²) in [5.41, 5.74) is -0.819. The zero-order valence-electron chi connectivity index (χ0n) is 17.6. The largest absolute Gasteiger partial charge is 0.477 e. The second-order valence-corrected chi connectivity index (χ2v) is 8.81. The summed E-state index contributed by atoms with van der Waals surface area (Å²) in [6.07, 6.45) is -3.20. The lowest BCUT2D eigenvalue weighted by molar-refractivity contribution is -0.141. The van der Waals surface area contributed by atoms with Gasteiger partial charge in [0.2, 0.25) is 21.8 Å². The van der Waals surface area contributed by atoms with Crippen molar-refractivity contribution < 1.29 is 35.5 Å². The highest BCUT2D eigenvalue weighted by Gasteiger charge is 2.33. The number of pyridine rings is 1. The van der Waals surface area contributed by atoms with Gasteiger partial charge in [0.05, 0.1) is 24.5 Å². The first-order valence-corrected chi connectivity index (χ1v) is 11.5. The Morgan fingerprint density at radius 1 is 1.22 bits per heavy atom. The number of alkyl halides is 3. The normalized spacial score (nSPS) is 12.8. The molecule has 0 bridgehead atoms. The number of carbonyl (C=O) groups excluding carboxylic acids is 1. The molecule has 12 heteroatoms. The number of amides is 1. The first-order chi connectivity index (χ1) is 14.8. The molecule has 32 heavy (non-hydrogen) atoms. The van der Waals surface area contributed by atoms with Gasteiger partial charge >= 0.3 is 6.18 Å². The molecule has 2 rings (SSSR count). The Morgan fingerprint density at radius 2 is 1.91 bits per heavy atom. The van der Waals surface area contributed by atoms with E-state index in [0.717, 1.165) is 18.4 Å². The molecule has 1 atom stereocenters. The van der Waals surface area contributed by atoms with Crippen LogP contribution in [0.2, 0.25) is 0 Å². The van der Waals surface area contributed by atoms with Crippen LogP contribution in [0.25, 0.3) is 0 Å². The smallest absolute Gasteiger partial charge is 0.433 e. The van der Waals surface area contributed by atoms with Crippen LogP contribution in [0.4, 0.5) is 23.2 Å². The van der Waals surface area contributed by atoms with Gasteiger partial charge in [-0.2, -0.15) is 13.2 Å². The van der Waals surface area contributed by atoms with E-state index in [1.165, 1.54) is 25.1 Å². The summed E-state index contributed by atoms with van der Waals surface area (Å²) in [6, 6.07) is 5.61. The van der Waals surface area contributed by atoms with Gasteiger partial charge in [-0.05, 0) is 43.2 Å². The number of aromatic nitrogens is 1. The fraction of sp³-hybridized carbons (Fsp3) is 0.400. The zero-order valence-corrected chi connectivity index (χ0v) is 18.4. The van der Waals surface area contributed by atoms with Crippen molar-refractivity contribution in [3.05, 3.63) is 53.0 Å². The van der Waals surface area contributed by atoms with Gasteiger partial charge in [0.15, 0.2) is 0 Å². The van der Waals surface area contributed by atoms with Gasteiger partial charge in [-0.25, -0.2) is 17.8 Å². The van der Waals surface area contributed by atoms with E-state index in [9.17, 15) is 30.8 Å². The average Bonchev–Trinajstić information content (AvgIpc) is 2.70. The van der Waals surface area contributed by atoms with Crippen LogP contribution in [0, 0.1) is 5.82 Å². The van der Waals surface area contributed by atoms with E-state index in [1.54, 1.807) is 6.92 Å². The number of nitrogens with one attached hydrogen (secondary N) is 2. The summed E-state index contributed by atoms with van der Waals surface area (Å²) in [5, 5.41) is 2.57. The Balaban J connectivity index is 2.13. The van der Waals surface area contributed by atoms with Gasteiger partial charge < -0.3 is 10.1 Å². The highest BCUT2D eigenvalue weighted by Crippen LogP contribution is 2.30. The van der Waals surface area contributed by atoms with Crippen molar-refractivity contribution in [3.63, 3.8) is 0 Å². The summed E-state index contributed by atoms with van der Waals surface area (Å²) in [5.74, 6) is -2.42. The summed E-state index contributed by atoms with van der Waals surface area (Å²) in [4.78, 5) is 16.0. The number of hydrogen-bond donors (Lipinski definition) is 2. The molecule has 0 spiro atoms. The molecule has 0 unspecified atom stereocenters. The lowest BCUT2D eigenvalue weighted by atomic mass is 9.99. The molecule has 0 fully saturated rings. The van der Waals surface area contributed by atoms with Crippen LogP contribution in [0.5, 0.6) is 5.88 Å². The number of halogens is 4. The van der Waals surface area contributed by atoms with Crippen LogP contribution in [0.1, 0.15) is 43.0 Å². The molecule has 0 aliphatic rings. The fourth-order valence-corrected chi connectivity index (χ4v) is 3.22. The number of rotatable bonds is 9. The Kier molecular flexibility index (Phi) is 8.05. The number of carbonyl (C=O) groups is 1. The minimum atomic E-state index is -4.64. The molecule has 2 aromatic rings. The van der Waals surface area contributed by atoms with E-state index in [-0.39, 0.29) is 35.8 Å². The average molecular weight is 477 g/mol. The molecule has 0 saturated carbocycles. The van der Waals surface area contributed by atoms with Crippen molar-refractivity contribution in [2.45, 2.75) is 38.9 Å². The third kappa shape index (κ3) is 7.08. The number of hydrogen-bond acceptors (Lipinski definition) is 5. The fourth-order valence-electron chi connectivity index (χ4n) is 2.66. The predicted octanol–water partition coefficient (Wildman–Crippen LogP) is 3.82. The number of nitrogens with zero attached hydrogens (tertiary/aromatic N) is 1. The van der Waals surface area contributed by atoms with E-state index in [1.807, 2.05) is 4.72 Å². The summed E-state index contributed by atoms with van der Waals surface area (Å²) in [7, 11) is -3.67. The standard InChI is InChI=1S/C20H23F4N3O4S/c1-4-9-31-19-14(6-8-17(26-19)20(22,23)24)11-25-18(28)12(2)13-5-7-16(15(21)10-13)27-32(3,29)30/h5-8,10,12,27H,4,9,11H2,1-3H3,(H,25,28)/t12-/m0/s1. The van der Waals surface area contributed by atoms with Gasteiger partial charge in [-0.3, -0.25) is 9.52 Å². The molecule has 2 N–H and O–H groups in total. The van der Waals surface area contributed by atoms with Gasteiger partial charge in [0, 0.05) is 12.1 Å². The van der Waals surface area contributed by atoms with Crippen LogP contribution >= 0.6 is 0 Å². The van der Waals surface area contributed by atoms with Crippen LogP contribution in [0.15, 0.2) is 30.3 Å². The first kappa shape index (κ1) is 25.4. The second-order valence-electron chi connectivity index (χ2n) is 7.06. The maximum Gasteiger partial charge on any atom is 0.433 e. The van der Waals surface area contributed by atoms with Crippen molar-refractivity contribution in [2.24, 2.45) is 0 Å². The van der Waals surface area contributed by atoms with Crippen LogP contribution in [-0.4, -0.2) is 32.2 Å². The van der Waals surface area contributed by atoms with E-state index in [4.69, 9.17) is 4.74 Å². The molecule has 0 radical (unpaired) electrons. The zero-order chi connectivity index (χ0) is 24.1. The summed E-state index contributed by atoms with van der Waals surface area (Å²) < 4.78 is 82.8. The third-order valence-electron chi connectivity index (χ3n) is 4.31. The molecule has 1 aromatic carbocycles. The molecular formula is C20H23F4N3O4S. The van der Waals surface area contributed by atoms with Crippen LogP contribution < -0.4 is 14.8 Å². The quantitative estimate of drug-likeness (QED) is 0.536. The van der Waals surface area contributed by atoms with Crippen molar-refractivity contribution in [1.29, 1.82) is 0 Å². The molecular weight excluding hydrogens is 454 g/mol. The van der Waals surface area contributed by atoms with Crippen molar-refractivity contribution in [2.75, 3.05) is 17.6 Å². The van der Waals surface area contributed by atoms with E-state index < -0.39 is 39.5 Å². The minimum Gasteiger partial charge on any atom is -0.477 e. The molecule has 1 amide bonds. The predicted molar refractivity (Wildman–Crippen MR) is 110 cm³/mol. The summed E-state index contributed by atoms with van der Waals surface area (Å²) in [6.45, 7) is 3.29. The summed E-state index contributed by atoms with van der Waals surface area (Å²) >= 11 is 0. The van der Waals surface area contributed by atoms with E-state index >= 15 is 0 Å². The number of benzene rings is 1. The lowest BCUT2D eigenvalue weighted by Gasteiger charge is -2.16. The van der Waals surface area contributed by atoms with Gasteiger partial charge in [0.25, 0.3) is 0 Å². The van der Waals surface area contributed by atoms with Crippen LogP contribution in [0.3, 0.4) is 0 Å². The van der Waals surface area contributed by atoms with Crippen molar-refractivity contribution in [1.82, 2.24) is 10.3 Å². The SMILES string of the molecule is CCCOc1nc(C(F)(F)F)ccc1CNC(=O)[C@@H](C)c1ccc(NS(C)(=O)=O)c(F)c1. The Bertz CT molecular complexity index is 1070. The molecule has 0 saturated heterocycles. The highest BCUT2D eigenvalue weighted by molar-refractivity contribution is 7.92. The van der Waals surface area contributed by atoms with Crippen LogP contribution in [-0.2, 0) is 27.5 Å². The van der Waals surface area contributed by atoms with Crippen molar-refractivity contribution >= 4 is 21.6 Å². The second kappa shape index (κ2) is 10.2. The van der Waals surface area contributed by atoms with Gasteiger partial charge in [0.1, 0.15) is 11.5 Å². The maximum absolute atomic E-state index is 14.2.